The summed E-state index contributed by atoms with van der Waals surface area (Å²) in [5.41, 5.74) is 0.635. The Bertz CT molecular complexity index is 572. The van der Waals surface area contributed by atoms with Crippen molar-refractivity contribution in [3.63, 3.8) is 0 Å². The van der Waals surface area contributed by atoms with Crippen LogP contribution >= 0.6 is 35.6 Å². The van der Waals surface area contributed by atoms with Crippen LogP contribution in [0.5, 0.6) is 0 Å². The molecule has 150 valence electrons. The Hall–Kier alpha value is -0.640. The number of methoxy groups -OCH3 is 1. The second-order valence-corrected chi connectivity index (χ2v) is 7.06. The van der Waals surface area contributed by atoms with Gasteiger partial charge in [-0.3, -0.25) is 4.99 Å². The van der Waals surface area contributed by atoms with Crippen LogP contribution in [0.4, 0.5) is 4.39 Å². The van der Waals surface area contributed by atoms with E-state index in [-0.39, 0.29) is 35.2 Å². The quantitative estimate of drug-likeness (QED) is 0.311. The summed E-state index contributed by atoms with van der Waals surface area (Å²) < 4.78 is 18.3. The smallest absolute Gasteiger partial charge is 0.191 e. The number of ether oxygens (including phenoxy) is 1. The third-order valence-corrected chi connectivity index (χ3v) is 4.36. The lowest BCUT2D eigenvalue weighted by molar-refractivity contribution is 0.162. The van der Waals surface area contributed by atoms with Gasteiger partial charge in [0.2, 0.25) is 0 Å². The molecule has 26 heavy (non-hydrogen) atoms. The van der Waals surface area contributed by atoms with E-state index < -0.39 is 0 Å². The van der Waals surface area contributed by atoms with Crippen LogP contribution in [0.15, 0.2) is 23.2 Å². The average Bonchev–Trinajstić information content (AvgIpc) is 2.55. The summed E-state index contributed by atoms with van der Waals surface area (Å²) in [5.74, 6) is 0.402. The van der Waals surface area contributed by atoms with E-state index in [1.54, 1.807) is 20.2 Å². The molecule has 2 N–H and O–H groups in total. The number of benzene rings is 1. The predicted octanol–water partition coefficient (Wildman–Crippen LogP) is 3.12. The summed E-state index contributed by atoms with van der Waals surface area (Å²) in [5, 5.41) is 7.04. The number of hydrogen-bond donors (Lipinski definition) is 2. The van der Waals surface area contributed by atoms with E-state index in [2.05, 4.69) is 41.4 Å². The van der Waals surface area contributed by atoms with Crippen molar-refractivity contribution in [2.45, 2.75) is 19.3 Å². The largest absolute Gasteiger partial charge is 0.383 e. The van der Waals surface area contributed by atoms with Gasteiger partial charge in [-0.25, -0.2) is 4.39 Å². The van der Waals surface area contributed by atoms with Gasteiger partial charge in [0.05, 0.1) is 6.61 Å². The van der Waals surface area contributed by atoms with Gasteiger partial charge < -0.3 is 20.3 Å². The summed E-state index contributed by atoms with van der Waals surface area (Å²) in [6.07, 6.45) is 0. The lowest BCUT2D eigenvalue weighted by atomic mass is 9.84. The van der Waals surface area contributed by atoms with Crippen LogP contribution in [0.1, 0.15) is 19.4 Å². The van der Waals surface area contributed by atoms with Crippen molar-refractivity contribution in [1.29, 1.82) is 0 Å². The highest BCUT2D eigenvalue weighted by atomic mass is 127. The molecule has 1 aromatic rings. The first kappa shape index (κ1) is 25.4. The van der Waals surface area contributed by atoms with E-state index in [0.29, 0.717) is 11.6 Å². The Morgan fingerprint density at radius 3 is 2.58 bits per heavy atom. The van der Waals surface area contributed by atoms with Crippen molar-refractivity contribution in [3.05, 3.63) is 34.6 Å². The molecule has 1 aromatic carbocycles. The molecule has 0 unspecified atom stereocenters. The van der Waals surface area contributed by atoms with Crippen LogP contribution in [0.2, 0.25) is 5.02 Å². The number of halogens is 3. The van der Waals surface area contributed by atoms with Crippen LogP contribution in [0, 0.1) is 5.82 Å². The second-order valence-electron chi connectivity index (χ2n) is 6.66. The summed E-state index contributed by atoms with van der Waals surface area (Å²) in [6, 6.07) is 4.52. The van der Waals surface area contributed by atoms with Gasteiger partial charge in [-0.1, -0.05) is 31.5 Å². The number of nitrogens with one attached hydrogen (secondary N) is 2. The van der Waals surface area contributed by atoms with Crippen LogP contribution < -0.4 is 10.6 Å². The number of hydrogen-bond acceptors (Lipinski definition) is 3. The molecule has 0 aliphatic rings. The number of nitrogens with zero attached hydrogens (tertiary/aromatic N) is 2. The summed E-state index contributed by atoms with van der Waals surface area (Å²) >= 11 is 6.19. The zero-order chi connectivity index (χ0) is 18.9. The van der Waals surface area contributed by atoms with Crippen molar-refractivity contribution in [3.8, 4) is 0 Å². The fraction of sp³-hybridized carbons (Fsp3) is 0.611. The Balaban J connectivity index is 0.00000625. The van der Waals surface area contributed by atoms with Gasteiger partial charge in [-0.15, -0.1) is 24.0 Å². The number of guanidine groups is 1. The first-order chi connectivity index (χ1) is 11.8. The molecule has 0 radical (unpaired) electrons. The van der Waals surface area contributed by atoms with E-state index in [9.17, 15) is 4.39 Å². The predicted molar refractivity (Wildman–Crippen MR) is 119 cm³/mol. The second kappa shape index (κ2) is 12.7. The lowest BCUT2D eigenvalue weighted by Gasteiger charge is -2.28. The first-order valence-corrected chi connectivity index (χ1v) is 8.75. The van der Waals surface area contributed by atoms with Gasteiger partial charge in [0.1, 0.15) is 5.82 Å². The maximum absolute atomic E-state index is 13.2. The highest BCUT2D eigenvalue weighted by molar-refractivity contribution is 14.0. The molecule has 0 aromatic heterocycles. The van der Waals surface area contributed by atoms with Gasteiger partial charge in [0, 0.05) is 50.8 Å². The molecule has 0 aliphatic carbocycles. The zero-order valence-corrected chi connectivity index (χ0v) is 19.3. The minimum absolute atomic E-state index is 0. The molecule has 1 rings (SSSR count). The Labute approximate surface area is 178 Å². The molecule has 0 saturated heterocycles. The summed E-state index contributed by atoms with van der Waals surface area (Å²) in [7, 11) is 5.49. The minimum atomic E-state index is -0.326. The summed E-state index contributed by atoms with van der Waals surface area (Å²) in [6.45, 7) is 8.01. The zero-order valence-electron chi connectivity index (χ0n) is 16.2. The van der Waals surface area contributed by atoms with Crippen molar-refractivity contribution in [1.82, 2.24) is 15.5 Å². The van der Waals surface area contributed by atoms with E-state index in [4.69, 9.17) is 16.3 Å². The molecule has 0 spiro atoms. The Morgan fingerprint density at radius 2 is 2.00 bits per heavy atom. The van der Waals surface area contributed by atoms with Gasteiger partial charge in [0.25, 0.3) is 0 Å². The van der Waals surface area contributed by atoms with Crippen molar-refractivity contribution in [2.24, 2.45) is 4.99 Å². The third-order valence-electron chi connectivity index (χ3n) is 4.04. The van der Waals surface area contributed by atoms with Crippen molar-refractivity contribution >= 4 is 41.5 Å². The number of rotatable bonds is 9. The summed E-state index contributed by atoms with van der Waals surface area (Å²) in [4.78, 5) is 6.43. The Morgan fingerprint density at radius 1 is 1.31 bits per heavy atom. The standard InChI is InChI=1S/C18H30ClFN4O.HI/c1-18(2,15-7-6-14(20)12-16(15)19)13-23-17(21-3)22-8-9-24(4)10-11-25-5;/h6-7,12H,8-11,13H2,1-5H3,(H2,21,22,23);1H. The topological polar surface area (TPSA) is 48.9 Å². The van der Waals surface area contributed by atoms with E-state index in [1.165, 1.54) is 12.1 Å². The van der Waals surface area contributed by atoms with E-state index in [0.717, 1.165) is 37.8 Å². The highest BCUT2D eigenvalue weighted by Gasteiger charge is 2.24. The maximum atomic E-state index is 13.2. The van der Waals surface area contributed by atoms with Crippen LogP contribution in [-0.2, 0) is 10.2 Å². The Kier molecular flexibility index (Phi) is 12.4. The lowest BCUT2D eigenvalue weighted by Crippen LogP contribution is -2.45. The van der Waals surface area contributed by atoms with Gasteiger partial charge in [-0.2, -0.15) is 0 Å². The van der Waals surface area contributed by atoms with Gasteiger partial charge >= 0.3 is 0 Å². The fourth-order valence-corrected chi connectivity index (χ4v) is 2.81. The normalized spacial score (nSPS) is 12.1. The third kappa shape index (κ3) is 8.83. The van der Waals surface area contributed by atoms with Crippen LogP contribution in [-0.4, -0.2) is 64.9 Å². The van der Waals surface area contributed by atoms with Gasteiger partial charge in [0.15, 0.2) is 5.96 Å². The molecule has 0 heterocycles. The SMILES string of the molecule is CN=C(NCCN(C)CCOC)NCC(C)(C)c1ccc(F)cc1Cl.I. The van der Waals surface area contributed by atoms with E-state index in [1.807, 2.05) is 0 Å². The van der Waals surface area contributed by atoms with Crippen molar-refractivity contribution < 1.29 is 9.13 Å². The molecule has 0 aliphatic heterocycles. The van der Waals surface area contributed by atoms with Gasteiger partial charge in [-0.05, 0) is 24.7 Å². The van der Waals surface area contributed by atoms with Crippen LogP contribution in [0.3, 0.4) is 0 Å². The molecule has 0 bridgehead atoms. The molecular weight excluding hydrogens is 470 g/mol. The molecule has 0 fully saturated rings. The monoisotopic (exact) mass is 500 g/mol. The van der Waals surface area contributed by atoms with Crippen molar-refractivity contribution in [2.75, 3.05) is 54.0 Å². The molecular formula is C18H31ClFIN4O. The number of likely N-dealkylation sites (N-methyl/N-ethyl adjacent to an activating group) is 1. The van der Waals surface area contributed by atoms with Crippen LogP contribution in [0.25, 0.3) is 0 Å². The molecule has 0 amide bonds. The molecule has 0 saturated carbocycles. The molecule has 0 atom stereocenters. The van der Waals surface area contributed by atoms with E-state index >= 15 is 0 Å². The fourth-order valence-electron chi connectivity index (χ4n) is 2.38. The molecule has 5 nitrogen and oxygen atoms in total. The average molecular weight is 501 g/mol. The molecule has 8 heteroatoms. The number of aliphatic imine (C=N–C) groups is 1. The maximum Gasteiger partial charge on any atom is 0.191 e. The minimum Gasteiger partial charge on any atom is -0.383 e. The highest BCUT2D eigenvalue weighted by Crippen LogP contribution is 2.29. The first-order valence-electron chi connectivity index (χ1n) is 8.37.